The number of ether oxygens (including phenoxy) is 2. The Bertz CT molecular complexity index is 1810. The molecular formula is C34H32F9N4NaO4. The molecule has 8 nitrogen and oxygen atoms in total. The number of aromatic nitrogens is 3. The number of halogens is 9. The van der Waals surface area contributed by atoms with E-state index in [1.54, 1.807) is 12.1 Å². The molecule has 0 unspecified atom stereocenters. The van der Waals surface area contributed by atoms with E-state index in [2.05, 4.69) is 15.0 Å². The van der Waals surface area contributed by atoms with Crippen molar-refractivity contribution in [2.24, 2.45) is 0 Å². The molecule has 2 heterocycles. The molecule has 1 N–H and O–H groups in total. The van der Waals surface area contributed by atoms with Crippen LogP contribution in [0.2, 0.25) is 0 Å². The second-order valence-electron chi connectivity index (χ2n) is 11.6. The number of benzene rings is 2. The van der Waals surface area contributed by atoms with Crippen molar-refractivity contribution in [3.63, 3.8) is 0 Å². The molecule has 276 valence electrons. The average molecular weight is 755 g/mol. The smallest absolute Gasteiger partial charge is 1.00 e. The van der Waals surface area contributed by atoms with Gasteiger partial charge in [-0.05, 0) is 65.9 Å². The number of aliphatic carboxylic acids is 1. The monoisotopic (exact) mass is 754 g/mol. The van der Waals surface area contributed by atoms with Crippen molar-refractivity contribution in [1.82, 2.24) is 15.0 Å². The fourth-order valence-corrected chi connectivity index (χ4v) is 4.97. The second-order valence-corrected chi connectivity index (χ2v) is 11.6. The molecule has 0 aliphatic carbocycles. The van der Waals surface area contributed by atoms with Crippen LogP contribution in [0.3, 0.4) is 0 Å². The molecular weight excluding hydrogens is 722 g/mol. The van der Waals surface area contributed by atoms with Crippen LogP contribution in [0.25, 0.3) is 11.3 Å². The van der Waals surface area contributed by atoms with E-state index >= 15 is 0 Å². The molecule has 0 radical (unpaired) electrons. The predicted octanol–water partition coefficient (Wildman–Crippen LogP) is 6.29. The maximum Gasteiger partial charge on any atom is 1.00 e. The van der Waals surface area contributed by atoms with Crippen molar-refractivity contribution < 1.29 is 89.9 Å². The van der Waals surface area contributed by atoms with Gasteiger partial charge in [0.1, 0.15) is 11.4 Å². The minimum absolute atomic E-state index is 0. The van der Waals surface area contributed by atoms with Crippen molar-refractivity contribution in [1.29, 1.82) is 0 Å². The average Bonchev–Trinajstić information content (AvgIpc) is 3.05. The van der Waals surface area contributed by atoms with Gasteiger partial charge in [0, 0.05) is 30.8 Å². The molecule has 0 saturated heterocycles. The van der Waals surface area contributed by atoms with E-state index in [0.29, 0.717) is 17.8 Å². The standard InChI is InChI=1S/C34H31F9N4O4.Na.H/c1-19(2)27-8-9-28(50-3)30(46-27)26-7-6-22(32(35,36)37)13-21(26)18-47(31-44-15-25(16-45-31)51-10-4-5-29(48)49)17-20-11-23(33(38,39)40)14-24(12-20)34(41,42)43;;/h6-9,11-16,19H,4-5,10,17-18H2,1-3H3,(H,48,49);;/q;+1;-1. The van der Waals surface area contributed by atoms with Gasteiger partial charge in [0.15, 0.2) is 5.75 Å². The van der Waals surface area contributed by atoms with Gasteiger partial charge in [0.25, 0.3) is 0 Å². The number of carboxylic acids is 1. The van der Waals surface area contributed by atoms with Gasteiger partial charge in [-0.3, -0.25) is 4.79 Å². The van der Waals surface area contributed by atoms with Crippen LogP contribution in [0.4, 0.5) is 45.5 Å². The van der Waals surface area contributed by atoms with Crippen LogP contribution >= 0.6 is 0 Å². The number of alkyl halides is 9. The second kappa shape index (κ2) is 17.2. The Balaban J connectivity index is 0.00000486. The first-order chi connectivity index (χ1) is 23.8. The van der Waals surface area contributed by atoms with Crippen molar-refractivity contribution in [3.05, 3.63) is 94.4 Å². The summed E-state index contributed by atoms with van der Waals surface area (Å²) < 4.78 is 135. The van der Waals surface area contributed by atoms with Gasteiger partial charge in [0.05, 0.1) is 42.8 Å². The summed E-state index contributed by atoms with van der Waals surface area (Å²) in [6.07, 6.45) is -12.9. The fourth-order valence-electron chi connectivity index (χ4n) is 4.97. The number of hydrogen-bond acceptors (Lipinski definition) is 7. The zero-order valence-corrected chi connectivity index (χ0v) is 30.2. The number of anilines is 1. The van der Waals surface area contributed by atoms with Crippen molar-refractivity contribution in [2.75, 3.05) is 18.6 Å². The van der Waals surface area contributed by atoms with Crippen LogP contribution in [0.5, 0.6) is 11.5 Å². The maximum atomic E-state index is 14.0. The molecule has 18 heteroatoms. The van der Waals surface area contributed by atoms with E-state index < -0.39 is 59.8 Å². The summed E-state index contributed by atoms with van der Waals surface area (Å²) in [6.45, 7) is 2.38. The number of rotatable bonds is 13. The number of carbonyl (C=O) groups is 1. The van der Waals surface area contributed by atoms with Crippen LogP contribution in [0, 0.1) is 0 Å². The SMILES string of the molecule is COc1ccc(C(C)C)nc1-c1ccc(C(F)(F)F)cc1CN(Cc1cc(C(F)(F)F)cc(C(F)(F)F)c1)c1ncc(OCCCC(=O)O)cn1.[H-].[Na+]. The van der Waals surface area contributed by atoms with Crippen LogP contribution in [0.15, 0.2) is 60.9 Å². The first-order valence-electron chi connectivity index (χ1n) is 15.2. The normalized spacial score (nSPS) is 12.0. The summed E-state index contributed by atoms with van der Waals surface area (Å²) in [5.74, 6) is -1.19. The molecule has 2 aromatic carbocycles. The van der Waals surface area contributed by atoms with Crippen molar-refractivity contribution >= 4 is 11.9 Å². The molecule has 0 fully saturated rings. The minimum Gasteiger partial charge on any atom is -1.00 e. The zero-order valence-electron chi connectivity index (χ0n) is 29.2. The van der Waals surface area contributed by atoms with Gasteiger partial charge in [-0.2, -0.15) is 39.5 Å². The van der Waals surface area contributed by atoms with E-state index in [1.165, 1.54) is 7.11 Å². The maximum absolute atomic E-state index is 14.0. The summed E-state index contributed by atoms with van der Waals surface area (Å²) in [7, 11) is 1.33. The summed E-state index contributed by atoms with van der Waals surface area (Å²) in [6, 6.07) is 7.01. The number of hydrogen-bond donors (Lipinski definition) is 1. The minimum atomic E-state index is -5.16. The van der Waals surface area contributed by atoms with Gasteiger partial charge in [0.2, 0.25) is 5.95 Å². The van der Waals surface area contributed by atoms with Crippen LogP contribution in [-0.4, -0.2) is 39.7 Å². The molecule has 0 aliphatic heterocycles. The van der Waals surface area contributed by atoms with E-state index in [1.807, 2.05) is 13.8 Å². The van der Waals surface area contributed by atoms with Crippen LogP contribution in [-0.2, 0) is 36.4 Å². The molecule has 0 atom stereocenters. The topological polar surface area (TPSA) is 97.7 Å². The van der Waals surface area contributed by atoms with Gasteiger partial charge in [-0.25, -0.2) is 15.0 Å². The molecule has 2 aromatic heterocycles. The summed E-state index contributed by atoms with van der Waals surface area (Å²) in [4.78, 5) is 24.8. The first-order valence-corrected chi connectivity index (χ1v) is 15.2. The molecule has 0 bridgehead atoms. The quantitative estimate of drug-likeness (QED) is 0.0967. The van der Waals surface area contributed by atoms with Crippen LogP contribution in [0.1, 0.15) is 67.5 Å². The third-order valence-corrected chi connectivity index (χ3v) is 7.46. The van der Waals surface area contributed by atoms with Crippen molar-refractivity contribution in [3.8, 4) is 22.8 Å². The Morgan fingerprint density at radius 3 is 1.96 bits per heavy atom. The Kier molecular flexibility index (Phi) is 14.0. The van der Waals surface area contributed by atoms with E-state index in [0.717, 1.165) is 35.5 Å². The van der Waals surface area contributed by atoms with Gasteiger partial charge < -0.3 is 20.9 Å². The molecule has 0 saturated carbocycles. The van der Waals surface area contributed by atoms with Gasteiger partial charge in [-0.15, -0.1) is 0 Å². The summed E-state index contributed by atoms with van der Waals surface area (Å²) in [5.41, 5.74) is -3.94. The summed E-state index contributed by atoms with van der Waals surface area (Å²) >= 11 is 0. The van der Waals surface area contributed by atoms with Gasteiger partial charge in [-0.1, -0.05) is 19.9 Å². The Labute approximate surface area is 315 Å². The van der Waals surface area contributed by atoms with Crippen LogP contribution < -0.4 is 43.9 Å². The number of pyridine rings is 1. The fraction of sp³-hybridized carbons (Fsp3) is 0.353. The third-order valence-electron chi connectivity index (χ3n) is 7.46. The molecule has 4 aromatic rings. The molecule has 52 heavy (non-hydrogen) atoms. The number of carboxylic acid groups (broad SMARTS) is 1. The zero-order chi connectivity index (χ0) is 37.7. The third kappa shape index (κ3) is 11.2. The number of methoxy groups -OCH3 is 1. The van der Waals surface area contributed by atoms with Crippen molar-refractivity contribution in [2.45, 2.75) is 64.2 Å². The predicted molar refractivity (Wildman–Crippen MR) is 167 cm³/mol. The number of nitrogens with zero attached hydrogens (tertiary/aromatic N) is 4. The first kappa shape index (κ1) is 42.3. The largest absolute Gasteiger partial charge is 1.00 e. The summed E-state index contributed by atoms with van der Waals surface area (Å²) in [5, 5.41) is 8.81. The molecule has 0 spiro atoms. The van der Waals surface area contributed by atoms with E-state index in [-0.39, 0.29) is 96.7 Å². The van der Waals surface area contributed by atoms with Gasteiger partial charge >= 0.3 is 54.1 Å². The van der Waals surface area contributed by atoms with E-state index in [9.17, 15) is 44.3 Å². The Hall–Kier alpha value is -4.09. The van der Waals surface area contributed by atoms with E-state index in [4.69, 9.17) is 14.6 Å². The molecule has 0 aliphatic rings. The Morgan fingerprint density at radius 1 is 0.846 bits per heavy atom. The molecule has 4 rings (SSSR count). The Morgan fingerprint density at radius 2 is 1.44 bits per heavy atom. The molecule has 0 amide bonds.